The molecule has 0 radical (unpaired) electrons. The third kappa shape index (κ3) is 7.28. The van der Waals surface area contributed by atoms with Crippen LogP contribution in [0.3, 0.4) is 0 Å². The number of aromatic nitrogens is 2. The van der Waals surface area contributed by atoms with Crippen LogP contribution in [0.15, 0.2) is 66.9 Å². The molecule has 0 bridgehead atoms. The molecule has 0 aliphatic heterocycles. The zero-order valence-corrected chi connectivity index (χ0v) is 23.8. The predicted molar refractivity (Wildman–Crippen MR) is 157 cm³/mol. The largest absolute Gasteiger partial charge is 0.469 e. The van der Waals surface area contributed by atoms with Gasteiger partial charge in [0.1, 0.15) is 5.82 Å². The molecule has 1 heterocycles. The topological polar surface area (TPSA) is 62.6 Å². The molecule has 2 aromatic carbocycles. The molecule has 1 unspecified atom stereocenters. The number of hydrogen-bond acceptors (Lipinski definition) is 5. The van der Waals surface area contributed by atoms with Crippen LogP contribution in [0.1, 0.15) is 43.1 Å². The van der Waals surface area contributed by atoms with Gasteiger partial charge in [0.15, 0.2) is 5.79 Å². The van der Waals surface area contributed by atoms with Gasteiger partial charge in [0.05, 0.1) is 24.4 Å². The van der Waals surface area contributed by atoms with Crippen LogP contribution in [0.5, 0.6) is 0 Å². The first kappa shape index (κ1) is 28.8. The summed E-state index contributed by atoms with van der Waals surface area (Å²) in [4.78, 5) is 16.1. The van der Waals surface area contributed by atoms with E-state index >= 15 is 0 Å². The Balaban J connectivity index is 1.46. The molecular weight excluding hydrogens is 535 g/mol. The van der Waals surface area contributed by atoms with Crippen molar-refractivity contribution in [3.05, 3.63) is 93.9 Å². The minimum Gasteiger partial charge on any atom is -0.469 e. The maximum atomic E-state index is 11.3. The monoisotopic (exact) mass is 566 g/mol. The molecular formula is C31H32Cl2N2O4. The minimum atomic E-state index is -0.834. The van der Waals surface area contributed by atoms with Crippen LogP contribution >= 0.6 is 23.2 Å². The van der Waals surface area contributed by atoms with Crippen LogP contribution in [0.25, 0.3) is 29.0 Å². The fourth-order valence-electron chi connectivity index (χ4n) is 4.34. The van der Waals surface area contributed by atoms with E-state index in [4.69, 9.17) is 37.7 Å². The predicted octanol–water partition coefficient (Wildman–Crippen LogP) is 7.70. The van der Waals surface area contributed by atoms with Gasteiger partial charge >= 0.3 is 5.97 Å². The molecule has 1 aliphatic rings. The SMILES string of the molecule is CCn1cc(-c2ccc(Cl)cc2Cl)nc1/C=C/c1cccc(C2=CCC(OC)(OCCCC(=O)OC)C=C2)c1. The number of esters is 1. The molecule has 1 aliphatic carbocycles. The van der Waals surface area contributed by atoms with Crippen molar-refractivity contribution in [3.8, 4) is 11.3 Å². The van der Waals surface area contributed by atoms with Crippen molar-refractivity contribution in [1.29, 1.82) is 0 Å². The van der Waals surface area contributed by atoms with Crippen LogP contribution < -0.4 is 0 Å². The number of hydrogen-bond donors (Lipinski definition) is 0. The van der Waals surface area contributed by atoms with Crippen molar-refractivity contribution in [1.82, 2.24) is 9.55 Å². The molecule has 0 fully saturated rings. The van der Waals surface area contributed by atoms with Gasteiger partial charge in [-0.2, -0.15) is 0 Å². The summed E-state index contributed by atoms with van der Waals surface area (Å²) in [6.07, 6.45) is 13.6. The quantitative estimate of drug-likeness (QED) is 0.135. The average molecular weight is 568 g/mol. The molecule has 0 saturated heterocycles. The van der Waals surface area contributed by atoms with Gasteiger partial charge in [-0.3, -0.25) is 4.79 Å². The van der Waals surface area contributed by atoms with E-state index in [-0.39, 0.29) is 5.97 Å². The highest BCUT2D eigenvalue weighted by atomic mass is 35.5. The van der Waals surface area contributed by atoms with Gasteiger partial charge in [0.2, 0.25) is 0 Å². The summed E-state index contributed by atoms with van der Waals surface area (Å²) in [5.41, 5.74) is 4.89. The van der Waals surface area contributed by atoms with Gasteiger partial charge < -0.3 is 18.8 Å². The molecule has 0 amide bonds. The smallest absolute Gasteiger partial charge is 0.305 e. The Morgan fingerprint density at radius 1 is 1.15 bits per heavy atom. The van der Waals surface area contributed by atoms with Crippen molar-refractivity contribution < 1.29 is 19.0 Å². The molecule has 6 nitrogen and oxygen atoms in total. The molecule has 0 spiro atoms. The highest BCUT2D eigenvalue weighted by Crippen LogP contribution is 2.32. The molecule has 8 heteroatoms. The van der Waals surface area contributed by atoms with E-state index in [2.05, 4.69) is 46.6 Å². The van der Waals surface area contributed by atoms with Gasteiger partial charge in [-0.05, 0) is 66.5 Å². The van der Waals surface area contributed by atoms with Gasteiger partial charge in [-0.1, -0.05) is 59.6 Å². The lowest BCUT2D eigenvalue weighted by Crippen LogP contribution is -2.33. The fraction of sp³-hybridized carbons (Fsp3) is 0.290. The number of carbonyl (C=O) groups excluding carboxylic acids is 1. The Morgan fingerprint density at radius 2 is 2.00 bits per heavy atom. The van der Waals surface area contributed by atoms with E-state index in [0.717, 1.165) is 40.3 Å². The van der Waals surface area contributed by atoms with Crippen molar-refractivity contribution in [2.75, 3.05) is 20.8 Å². The van der Waals surface area contributed by atoms with E-state index < -0.39 is 5.79 Å². The fourth-order valence-corrected chi connectivity index (χ4v) is 4.84. The number of halogens is 2. The molecule has 1 atom stereocenters. The Morgan fingerprint density at radius 3 is 2.69 bits per heavy atom. The zero-order valence-electron chi connectivity index (χ0n) is 22.3. The number of benzene rings is 2. The second-order valence-electron chi connectivity index (χ2n) is 9.09. The van der Waals surface area contributed by atoms with Crippen molar-refractivity contribution in [2.45, 2.75) is 38.5 Å². The molecule has 4 rings (SSSR count). The number of methoxy groups -OCH3 is 2. The Hall–Kier alpha value is -3.16. The lowest BCUT2D eigenvalue weighted by Gasteiger charge is -2.31. The lowest BCUT2D eigenvalue weighted by atomic mass is 9.95. The Bertz CT molecular complexity index is 1410. The summed E-state index contributed by atoms with van der Waals surface area (Å²) < 4.78 is 18.4. The number of ether oxygens (including phenoxy) is 3. The van der Waals surface area contributed by atoms with Gasteiger partial charge in [0, 0.05) is 43.3 Å². The third-order valence-corrected chi connectivity index (χ3v) is 7.12. The van der Waals surface area contributed by atoms with Crippen molar-refractivity contribution >= 4 is 46.9 Å². The number of rotatable bonds is 11. The first-order chi connectivity index (χ1) is 18.9. The van der Waals surface area contributed by atoms with Gasteiger partial charge in [0.25, 0.3) is 0 Å². The maximum Gasteiger partial charge on any atom is 0.305 e. The highest BCUT2D eigenvalue weighted by Gasteiger charge is 2.29. The van der Waals surface area contributed by atoms with Gasteiger partial charge in [-0.15, -0.1) is 0 Å². The molecule has 204 valence electrons. The standard InChI is InChI=1S/C31H32Cl2N2O4/c1-4-35-21-28(26-12-11-25(32)20-27(26)33)34-29(35)13-10-22-7-5-8-24(19-22)23-14-16-31(38-3,17-15-23)39-18-6-9-30(36)37-2/h5,7-8,10-16,19-21H,4,6,9,17-18H2,1-3H3/b13-10+. The second-order valence-corrected chi connectivity index (χ2v) is 9.94. The Kier molecular flexibility index (Phi) is 9.81. The summed E-state index contributed by atoms with van der Waals surface area (Å²) in [6, 6.07) is 13.8. The Labute approximate surface area is 239 Å². The molecule has 1 aromatic heterocycles. The van der Waals surface area contributed by atoms with Crippen LogP contribution in [0.4, 0.5) is 0 Å². The van der Waals surface area contributed by atoms with Gasteiger partial charge in [-0.25, -0.2) is 4.98 Å². The molecule has 0 N–H and O–H groups in total. The zero-order chi connectivity index (χ0) is 27.8. The average Bonchev–Trinajstić information content (AvgIpc) is 3.37. The number of carbonyl (C=O) groups is 1. The summed E-state index contributed by atoms with van der Waals surface area (Å²) in [7, 11) is 3.01. The number of allylic oxidation sites excluding steroid dienone is 2. The summed E-state index contributed by atoms with van der Waals surface area (Å²) in [6.45, 7) is 3.26. The number of aryl methyl sites for hydroxylation is 1. The van der Waals surface area contributed by atoms with E-state index in [0.29, 0.717) is 35.9 Å². The molecule has 39 heavy (non-hydrogen) atoms. The maximum absolute atomic E-state index is 11.3. The first-order valence-electron chi connectivity index (χ1n) is 12.8. The summed E-state index contributed by atoms with van der Waals surface area (Å²) in [5.74, 6) is -0.237. The normalized spacial score (nSPS) is 17.0. The van der Waals surface area contributed by atoms with E-state index in [1.54, 1.807) is 13.2 Å². The van der Waals surface area contributed by atoms with Crippen LogP contribution in [-0.2, 0) is 25.5 Å². The second kappa shape index (κ2) is 13.3. The van der Waals surface area contributed by atoms with Crippen LogP contribution in [0, 0.1) is 0 Å². The molecule has 3 aromatic rings. The third-order valence-electron chi connectivity index (χ3n) is 6.57. The molecule has 0 saturated carbocycles. The number of nitrogens with zero attached hydrogens (tertiary/aromatic N) is 2. The number of imidazole rings is 1. The highest BCUT2D eigenvalue weighted by molar-refractivity contribution is 6.36. The van der Waals surface area contributed by atoms with E-state index in [1.165, 1.54) is 7.11 Å². The van der Waals surface area contributed by atoms with E-state index in [1.807, 2.05) is 42.6 Å². The first-order valence-corrected chi connectivity index (χ1v) is 13.6. The van der Waals surface area contributed by atoms with Crippen LogP contribution in [-0.4, -0.2) is 42.1 Å². The van der Waals surface area contributed by atoms with Crippen molar-refractivity contribution in [3.63, 3.8) is 0 Å². The summed E-state index contributed by atoms with van der Waals surface area (Å²) in [5, 5.41) is 1.17. The lowest BCUT2D eigenvalue weighted by molar-refractivity contribution is -0.187. The van der Waals surface area contributed by atoms with E-state index in [9.17, 15) is 4.79 Å². The summed E-state index contributed by atoms with van der Waals surface area (Å²) >= 11 is 12.5. The minimum absolute atomic E-state index is 0.245. The van der Waals surface area contributed by atoms with Crippen molar-refractivity contribution in [2.24, 2.45) is 0 Å². The van der Waals surface area contributed by atoms with Crippen LogP contribution in [0.2, 0.25) is 10.0 Å².